The van der Waals surface area contributed by atoms with Crippen LogP contribution in [-0.2, 0) is 14.3 Å². The SMILES string of the molecule is Nc1[nH]cc2cc(NC(=O)[C@H](O)[C@H]3OCCN(c4cccc(C(=O)O)c4)C3=O)ccc12. The van der Waals surface area contributed by atoms with Gasteiger partial charge in [0.05, 0.1) is 12.2 Å². The molecule has 1 aliphatic heterocycles. The van der Waals surface area contributed by atoms with Crippen molar-refractivity contribution in [2.45, 2.75) is 12.2 Å². The van der Waals surface area contributed by atoms with E-state index in [0.717, 1.165) is 10.8 Å². The Hall–Kier alpha value is -3.89. The van der Waals surface area contributed by atoms with Gasteiger partial charge >= 0.3 is 5.97 Å². The van der Waals surface area contributed by atoms with E-state index in [-0.39, 0.29) is 18.7 Å². The number of fused-ring (bicyclic) bond motifs is 1. The smallest absolute Gasteiger partial charge is 0.335 e. The van der Waals surface area contributed by atoms with Crippen molar-refractivity contribution in [1.29, 1.82) is 0 Å². The third-order valence-electron chi connectivity index (χ3n) is 5.07. The van der Waals surface area contributed by atoms with Crippen molar-refractivity contribution in [3.63, 3.8) is 0 Å². The van der Waals surface area contributed by atoms with Gasteiger partial charge in [0.25, 0.3) is 11.8 Å². The second-order valence-corrected chi connectivity index (χ2v) is 7.08. The van der Waals surface area contributed by atoms with E-state index in [9.17, 15) is 19.5 Å². The van der Waals surface area contributed by atoms with Gasteiger partial charge in [-0.15, -0.1) is 0 Å². The van der Waals surface area contributed by atoms with Gasteiger partial charge in [0.15, 0.2) is 12.2 Å². The van der Waals surface area contributed by atoms with Crippen molar-refractivity contribution >= 4 is 45.7 Å². The Bertz CT molecular complexity index is 1170. The van der Waals surface area contributed by atoms with Crippen LogP contribution in [0.4, 0.5) is 17.2 Å². The number of nitrogens with zero attached hydrogens (tertiary/aromatic N) is 1. The Kier molecular flexibility index (Phi) is 5.32. The molecule has 3 aromatic rings. The van der Waals surface area contributed by atoms with Crippen molar-refractivity contribution in [3.05, 3.63) is 54.2 Å². The number of aromatic carboxylic acids is 1. The highest BCUT2D eigenvalue weighted by Crippen LogP contribution is 2.25. The van der Waals surface area contributed by atoms with Gasteiger partial charge in [-0.25, -0.2) is 4.79 Å². The molecule has 10 nitrogen and oxygen atoms in total. The molecule has 1 fully saturated rings. The number of anilines is 3. The van der Waals surface area contributed by atoms with Crippen LogP contribution in [0.15, 0.2) is 48.7 Å². The Morgan fingerprint density at radius 3 is 2.84 bits per heavy atom. The second-order valence-electron chi connectivity index (χ2n) is 7.08. The van der Waals surface area contributed by atoms with Crippen LogP contribution in [-0.4, -0.2) is 58.3 Å². The van der Waals surface area contributed by atoms with Gasteiger partial charge in [-0.05, 0) is 36.4 Å². The summed E-state index contributed by atoms with van der Waals surface area (Å²) in [6.45, 7) is 0.241. The van der Waals surface area contributed by atoms with Crippen molar-refractivity contribution in [2.75, 3.05) is 29.1 Å². The van der Waals surface area contributed by atoms with Crippen LogP contribution < -0.4 is 16.0 Å². The molecule has 31 heavy (non-hydrogen) atoms. The zero-order valence-electron chi connectivity index (χ0n) is 16.2. The van der Waals surface area contributed by atoms with Crippen LogP contribution in [0, 0.1) is 0 Å². The van der Waals surface area contributed by atoms with Gasteiger partial charge in [-0.1, -0.05) is 6.07 Å². The molecule has 0 spiro atoms. The Balaban J connectivity index is 1.49. The summed E-state index contributed by atoms with van der Waals surface area (Å²) in [4.78, 5) is 40.8. The summed E-state index contributed by atoms with van der Waals surface area (Å²) in [5.74, 6) is -2.06. The van der Waals surface area contributed by atoms with Gasteiger partial charge in [-0.3, -0.25) is 9.59 Å². The molecule has 0 unspecified atom stereocenters. The van der Waals surface area contributed by atoms with E-state index in [1.807, 2.05) is 0 Å². The van der Waals surface area contributed by atoms with Crippen molar-refractivity contribution in [3.8, 4) is 0 Å². The average Bonchev–Trinajstić information content (AvgIpc) is 3.13. The number of amides is 2. The lowest BCUT2D eigenvalue weighted by Crippen LogP contribution is -2.55. The maximum absolute atomic E-state index is 12.9. The first-order valence-corrected chi connectivity index (χ1v) is 9.47. The Labute approximate surface area is 176 Å². The number of nitrogens with one attached hydrogen (secondary N) is 2. The number of carbonyl (C=O) groups excluding carboxylic acids is 2. The molecule has 6 N–H and O–H groups in total. The van der Waals surface area contributed by atoms with Gasteiger partial charge in [0, 0.05) is 34.9 Å². The molecule has 2 heterocycles. The summed E-state index contributed by atoms with van der Waals surface area (Å²) in [6.07, 6.45) is -1.49. The van der Waals surface area contributed by atoms with Crippen LogP contribution >= 0.6 is 0 Å². The van der Waals surface area contributed by atoms with Crippen LogP contribution in [0.25, 0.3) is 10.8 Å². The van der Waals surface area contributed by atoms with Crippen molar-refractivity contribution in [1.82, 2.24) is 4.98 Å². The number of aliphatic hydroxyl groups excluding tert-OH is 1. The number of morpholine rings is 1. The number of nitrogens with two attached hydrogens (primary N) is 1. The predicted molar refractivity (Wildman–Crippen MR) is 113 cm³/mol. The molecule has 2 aromatic carbocycles. The van der Waals surface area contributed by atoms with E-state index >= 15 is 0 Å². The van der Waals surface area contributed by atoms with E-state index in [4.69, 9.17) is 15.6 Å². The number of hydrogen-bond acceptors (Lipinski definition) is 6. The zero-order valence-corrected chi connectivity index (χ0v) is 16.2. The summed E-state index contributed by atoms with van der Waals surface area (Å²) in [5, 5.41) is 23.8. The molecule has 4 rings (SSSR count). The first kappa shape index (κ1) is 20.4. The normalized spacial score (nSPS) is 17.5. The standard InChI is InChI=1S/C21H20N4O6/c22-18-15-5-4-13(8-12(15)10-23-18)24-19(27)16(26)17-20(28)25(6-7-31-17)14-3-1-2-11(9-14)21(29)30/h1-5,8-10,16-17,23,26H,6-7,22H2,(H,24,27)(H,29,30)/t16-,17-/m1/s1. The molecule has 1 aliphatic rings. The molecular formula is C21H20N4O6. The van der Waals surface area contributed by atoms with Gasteiger partial charge < -0.3 is 35.9 Å². The van der Waals surface area contributed by atoms with E-state index in [0.29, 0.717) is 17.2 Å². The first-order valence-electron chi connectivity index (χ1n) is 9.47. The third kappa shape index (κ3) is 3.93. The van der Waals surface area contributed by atoms with E-state index in [2.05, 4.69) is 10.3 Å². The fourth-order valence-corrected chi connectivity index (χ4v) is 3.49. The summed E-state index contributed by atoms with van der Waals surface area (Å²) >= 11 is 0. The molecule has 0 aliphatic carbocycles. The van der Waals surface area contributed by atoms with Gasteiger partial charge in [0.2, 0.25) is 0 Å². The van der Waals surface area contributed by atoms with Gasteiger partial charge in [0.1, 0.15) is 5.82 Å². The highest BCUT2D eigenvalue weighted by atomic mass is 16.5. The second kappa shape index (κ2) is 8.09. The number of rotatable bonds is 5. The molecule has 2 amide bonds. The molecule has 160 valence electrons. The summed E-state index contributed by atoms with van der Waals surface area (Å²) < 4.78 is 5.37. The van der Waals surface area contributed by atoms with E-state index in [1.54, 1.807) is 30.5 Å². The summed E-state index contributed by atoms with van der Waals surface area (Å²) in [5.41, 5.74) is 6.59. The van der Waals surface area contributed by atoms with Crippen molar-refractivity contribution in [2.24, 2.45) is 0 Å². The van der Waals surface area contributed by atoms with Crippen LogP contribution in [0.1, 0.15) is 10.4 Å². The van der Waals surface area contributed by atoms with Crippen molar-refractivity contribution < 1.29 is 29.3 Å². The van der Waals surface area contributed by atoms with E-state index in [1.165, 1.54) is 23.1 Å². The zero-order chi connectivity index (χ0) is 22.1. The number of benzene rings is 2. The average molecular weight is 424 g/mol. The number of hydrogen-bond donors (Lipinski definition) is 5. The summed E-state index contributed by atoms with van der Waals surface area (Å²) in [6, 6.07) is 10.9. The molecule has 0 radical (unpaired) electrons. The lowest BCUT2D eigenvalue weighted by atomic mass is 10.1. The molecule has 1 aromatic heterocycles. The number of aliphatic hydroxyl groups is 1. The largest absolute Gasteiger partial charge is 0.478 e. The quantitative estimate of drug-likeness (QED) is 0.411. The molecule has 0 saturated carbocycles. The molecule has 0 bridgehead atoms. The van der Waals surface area contributed by atoms with Crippen LogP contribution in [0.3, 0.4) is 0 Å². The minimum Gasteiger partial charge on any atom is -0.478 e. The Morgan fingerprint density at radius 1 is 1.26 bits per heavy atom. The van der Waals surface area contributed by atoms with Crippen LogP contribution in [0.2, 0.25) is 0 Å². The monoisotopic (exact) mass is 424 g/mol. The number of carbonyl (C=O) groups is 3. The fourth-order valence-electron chi connectivity index (χ4n) is 3.49. The number of nitrogen functional groups attached to an aromatic ring is 1. The molecular weight excluding hydrogens is 404 g/mol. The highest BCUT2D eigenvalue weighted by molar-refractivity contribution is 6.05. The first-order chi connectivity index (χ1) is 14.8. The molecule has 2 atom stereocenters. The van der Waals surface area contributed by atoms with E-state index < -0.39 is 30.0 Å². The lowest BCUT2D eigenvalue weighted by molar-refractivity contribution is -0.150. The molecule has 1 saturated heterocycles. The highest BCUT2D eigenvalue weighted by Gasteiger charge is 2.39. The predicted octanol–water partition coefficient (Wildman–Crippen LogP) is 1.18. The maximum atomic E-state index is 12.9. The topological polar surface area (TPSA) is 158 Å². The Morgan fingerprint density at radius 2 is 2.06 bits per heavy atom. The fraction of sp³-hybridized carbons (Fsp3) is 0.190. The minimum absolute atomic E-state index is 0.0208. The summed E-state index contributed by atoms with van der Waals surface area (Å²) in [7, 11) is 0. The van der Waals surface area contributed by atoms with Gasteiger partial charge in [-0.2, -0.15) is 0 Å². The number of aromatic amines is 1. The van der Waals surface area contributed by atoms with Crippen LogP contribution in [0.5, 0.6) is 0 Å². The minimum atomic E-state index is -1.76. The third-order valence-corrected chi connectivity index (χ3v) is 5.07. The number of carboxylic acids is 1. The number of aromatic nitrogens is 1. The number of H-pyrrole nitrogens is 1. The number of carboxylic acid groups (broad SMARTS) is 1. The number of ether oxygens (including phenoxy) is 1. The lowest BCUT2D eigenvalue weighted by Gasteiger charge is -2.34. The maximum Gasteiger partial charge on any atom is 0.335 e. The molecule has 10 heteroatoms.